The van der Waals surface area contributed by atoms with E-state index in [1.165, 1.54) is 9.80 Å². The van der Waals surface area contributed by atoms with Crippen LogP contribution in [0.5, 0.6) is 23.5 Å². The Morgan fingerprint density at radius 1 is 0.554 bits per heavy atom. The Bertz CT molecular complexity index is 2930. The standard InChI is InChI=1S/C25H22N4O4.C24H22ClN3O4/c1-25(2,24(31)32)20-17-10-9-16(13-26)27-21(17)33-22-18(20)11-12-19(28-22)14-5-7-15(8-6-14)23(30)29(3)4;1-24(2,23(30)31)19-15-9-11-17(13-5-7-14(8-6-13)22(29)28(3)4)26-20(15)32-21-16(19)10-12-18(25)27-21/h5-12,20H,1-4H3,(H,31,32);5-12,19H,1-4H3,(H,30,31). The summed E-state index contributed by atoms with van der Waals surface area (Å²) in [4.78, 5) is 69.3. The number of carbonyl (C=O) groups is 4. The van der Waals surface area contributed by atoms with Gasteiger partial charge >= 0.3 is 11.9 Å². The third-order valence-electron chi connectivity index (χ3n) is 11.5. The van der Waals surface area contributed by atoms with Crippen LogP contribution >= 0.6 is 11.6 Å². The fourth-order valence-corrected chi connectivity index (χ4v) is 7.92. The van der Waals surface area contributed by atoms with E-state index in [0.717, 1.165) is 11.1 Å². The van der Waals surface area contributed by atoms with Gasteiger partial charge in [-0.05, 0) is 82.3 Å². The number of hydrogen-bond donors (Lipinski definition) is 2. The largest absolute Gasteiger partial charge is 0.481 e. The molecule has 330 valence electrons. The first-order valence-corrected chi connectivity index (χ1v) is 20.7. The summed E-state index contributed by atoms with van der Waals surface area (Å²) in [5, 5.41) is 29.3. The molecule has 0 spiro atoms. The molecule has 8 rings (SSSR count). The summed E-state index contributed by atoms with van der Waals surface area (Å²) in [6, 6.07) is 30.0. The van der Waals surface area contributed by atoms with Crippen LogP contribution in [0.2, 0.25) is 5.15 Å². The number of carbonyl (C=O) groups excluding carboxylic acids is 2. The molecule has 0 bridgehead atoms. The number of aliphatic carboxylic acids is 2. The zero-order valence-corrected chi connectivity index (χ0v) is 37.5. The molecule has 2 aromatic carbocycles. The van der Waals surface area contributed by atoms with Gasteiger partial charge in [-0.1, -0.05) is 54.1 Å². The third-order valence-corrected chi connectivity index (χ3v) is 11.7. The zero-order valence-electron chi connectivity index (χ0n) is 36.7. The van der Waals surface area contributed by atoms with Crippen molar-refractivity contribution >= 4 is 35.4 Å². The number of benzene rings is 2. The predicted molar refractivity (Wildman–Crippen MR) is 240 cm³/mol. The maximum Gasteiger partial charge on any atom is 0.310 e. The Morgan fingerprint density at radius 3 is 1.28 bits per heavy atom. The molecule has 2 aliphatic rings. The molecule has 16 heteroatoms. The van der Waals surface area contributed by atoms with Gasteiger partial charge in [0.1, 0.15) is 16.9 Å². The molecule has 2 N–H and O–H groups in total. The second kappa shape index (κ2) is 17.5. The molecular weight excluding hydrogens is 850 g/mol. The van der Waals surface area contributed by atoms with E-state index in [1.807, 2.05) is 36.4 Å². The van der Waals surface area contributed by atoms with Crippen molar-refractivity contribution in [1.82, 2.24) is 29.7 Å². The van der Waals surface area contributed by atoms with Gasteiger partial charge in [-0.2, -0.15) is 5.26 Å². The Morgan fingerprint density at radius 2 is 0.908 bits per heavy atom. The number of aromatic nitrogens is 4. The number of rotatable bonds is 8. The Hall–Kier alpha value is -7.70. The van der Waals surface area contributed by atoms with E-state index in [1.54, 1.807) is 123 Å². The van der Waals surface area contributed by atoms with Gasteiger partial charge in [-0.3, -0.25) is 19.2 Å². The summed E-state index contributed by atoms with van der Waals surface area (Å²) in [6.45, 7) is 6.63. The predicted octanol–water partition coefficient (Wildman–Crippen LogP) is 8.91. The second-order valence-electron chi connectivity index (χ2n) is 17.1. The molecule has 0 saturated carbocycles. The number of amides is 2. The highest BCUT2D eigenvalue weighted by Gasteiger charge is 2.46. The quantitative estimate of drug-likeness (QED) is 0.137. The highest BCUT2D eigenvalue weighted by atomic mass is 35.5. The molecule has 2 amide bonds. The summed E-state index contributed by atoms with van der Waals surface area (Å²) in [7, 11) is 6.78. The number of fused-ring (bicyclic) bond motifs is 4. The third kappa shape index (κ3) is 8.68. The van der Waals surface area contributed by atoms with E-state index < -0.39 is 34.6 Å². The highest BCUT2D eigenvalue weighted by molar-refractivity contribution is 6.29. The lowest BCUT2D eigenvalue weighted by Crippen LogP contribution is -2.34. The number of carboxylic acids is 2. The lowest BCUT2D eigenvalue weighted by atomic mass is 9.71. The van der Waals surface area contributed by atoms with Crippen LogP contribution in [0.4, 0.5) is 0 Å². The molecule has 4 aromatic heterocycles. The number of ether oxygens (including phenoxy) is 2. The molecular formula is C49H44ClN7O8. The van der Waals surface area contributed by atoms with Crippen LogP contribution in [0, 0.1) is 22.2 Å². The smallest absolute Gasteiger partial charge is 0.310 e. The second-order valence-corrected chi connectivity index (χ2v) is 17.5. The highest BCUT2D eigenvalue weighted by Crippen LogP contribution is 2.53. The first-order chi connectivity index (χ1) is 30.7. The van der Waals surface area contributed by atoms with E-state index >= 15 is 0 Å². The summed E-state index contributed by atoms with van der Waals surface area (Å²) in [6.07, 6.45) is 0. The fraction of sp³-hybridized carbons (Fsp3) is 0.245. The monoisotopic (exact) mass is 893 g/mol. The van der Waals surface area contributed by atoms with Crippen molar-refractivity contribution in [1.29, 1.82) is 5.26 Å². The summed E-state index contributed by atoms with van der Waals surface area (Å²) < 4.78 is 11.9. The minimum atomic E-state index is -1.18. The van der Waals surface area contributed by atoms with Crippen LogP contribution in [-0.2, 0) is 9.59 Å². The van der Waals surface area contributed by atoms with E-state index in [-0.39, 0.29) is 46.2 Å². The molecule has 15 nitrogen and oxygen atoms in total. The van der Waals surface area contributed by atoms with Crippen molar-refractivity contribution in [3.63, 3.8) is 0 Å². The van der Waals surface area contributed by atoms with Crippen LogP contribution in [0.15, 0.2) is 97.1 Å². The van der Waals surface area contributed by atoms with Crippen LogP contribution in [0.3, 0.4) is 0 Å². The van der Waals surface area contributed by atoms with Gasteiger partial charge in [-0.25, -0.2) is 19.9 Å². The lowest BCUT2D eigenvalue weighted by Gasteiger charge is -2.35. The summed E-state index contributed by atoms with van der Waals surface area (Å²) >= 11 is 6.06. The van der Waals surface area contributed by atoms with Gasteiger partial charge in [-0.15, -0.1) is 0 Å². The molecule has 65 heavy (non-hydrogen) atoms. The lowest BCUT2D eigenvalue weighted by molar-refractivity contribution is -0.148. The number of hydrogen-bond acceptors (Lipinski definition) is 11. The average molecular weight is 894 g/mol. The molecule has 6 heterocycles. The molecule has 0 saturated heterocycles. The Kier molecular flexibility index (Phi) is 12.2. The SMILES string of the molecule is CN(C)C(=O)c1ccc(-c2ccc3c(n2)Oc2nc(C#N)ccc2C3C(C)(C)C(=O)O)cc1.CN(C)C(=O)c1ccc(-c2ccc3c(n2)Oc2nc(Cl)ccc2C3C(C)(C)C(=O)O)cc1. The van der Waals surface area contributed by atoms with E-state index in [0.29, 0.717) is 44.8 Å². The Balaban J connectivity index is 0.000000194. The first kappa shape index (κ1) is 45.3. The van der Waals surface area contributed by atoms with Crippen molar-refractivity contribution in [2.24, 2.45) is 10.8 Å². The van der Waals surface area contributed by atoms with Gasteiger partial charge in [0.2, 0.25) is 23.5 Å². The van der Waals surface area contributed by atoms with E-state index in [4.69, 9.17) is 21.1 Å². The maximum atomic E-state index is 12.2. The topological polar surface area (TPSA) is 209 Å². The number of nitriles is 1. The molecule has 6 aromatic rings. The van der Waals surface area contributed by atoms with Crippen molar-refractivity contribution in [3.8, 4) is 52.1 Å². The molecule has 0 fully saturated rings. The van der Waals surface area contributed by atoms with Gasteiger partial charge in [0, 0.05) is 84.5 Å². The fourth-order valence-electron chi connectivity index (χ4n) is 7.78. The molecule has 0 radical (unpaired) electrons. The van der Waals surface area contributed by atoms with Crippen molar-refractivity contribution in [2.75, 3.05) is 28.2 Å². The molecule has 0 aliphatic carbocycles. The van der Waals surface area contributed by atoms with Crippen LogP contribution < -0.4 is 9.47 Å². The van der Waals surface area contributed by atoms with Crippen LogP contribution in [0.1, 0.15) is 88.2 Å². The zero-order chi connectivity index (χ0) is 47.1. The van der Waals surface area contributed by atoms with Crippen molar-refractivity contribution < 1.29 is 38.9 Å². The first-order valence-electron chi connectivity index (χ1n) is 20.3. The summed E-state index contributed by atoms with van der Waals surface area (Å²) in [5.74, 6) is -2.23. The van der Waals surface area contributed by atoms with Gasteiger partial charge in [0.05, 0.1) is 22.2 Å². The van der Waals surface area contributed by atoms with Crippen molar-refractivity contribution in [2.45, 2.75) is 39.5 Å². The number of pyridine rings is 4. The number of nitrogens with zero attached hydrogens (tertiary/aromatic N) is 7. The van der Waals surface area contributed by atoms with E-state index in [2.05, 4.69) is 19.9 Å². The Labute approximate surface area is 379 Å². The minimum absolute atomic E-state index is 0.0865. The van der Waals surface area contributed by atoms with Crippen LogP contribution in [0.25, 0.3) is 22.5 Å². The van der Waals surface area contributed by atoms with Gasteiger partial charge < -0.3 is 29.5 Å². The van der Waals surface area contributed by atoms with Crippen LogP contribution in [-0.4, -0.2) is 91.9 Å². The minimum Gasteiger partial charge on any atom is -0.481 e. The molecule has 2 atom stereocenters. The number of carboxylic acid groups (broad SMARTS) is 2. The van der Waals surface area contributed by atoms with Gasteiger partial charge in [0.15, 0.2) is 0 Å². The molecule has 2 aliphatic heterocycles. The summed E-state index contributed by atoms with van der Waals surface area (Å²) in [5.41, 5.74) is 4.32. The number of halogens is 1. The van der Waals surface area contributed by atoms with Crippen molar-refractivity contribution in [3.05, 3.63) is 141 Å². The maximum absolute atomic E-state index is 12.2. The normalized spacial score (nSPS) is 14.5. The molecule has 2 unspecified atom stereocenters. The average Bonchev–Trinajstić information content (AvgIpc) is 3.28. The van der Waals surface area contributed by atoms with E-state index in [9.17, 15) is 34.7 Å². The van der Waals surface area contributed by atoms with Gasteiger partial charge in [0.25, 0.3) is 11.8 Å².